The average molecular weight is 397 g/mol. The molecule has 8 nitrogen and oxygen atoms in total. The van der Waals surface area contributed by atoms with E-state index >= 15 is 0 Å². The predicted octanol–water partition coefficient (Wildman–Crippen LogP) is -1.40. The summed E-state index contributed by atoms with van der Waals surface area (Å²) in [5.41, 5.74) is 5.61. The van der Waals surface area contributed by atoms with Gasteiger partial charge in [0.05, 0.1) is 12.9 Å². The lowest BCUT2D eigenvalue weighted by Gasteiger charge is -2.31. The highest BCUT2D eigenvalue weighted by molar-refractivity contribution is 14.1. The molecule has 0 saturated carbocycles. The summed E-state index contributed by atoms with van der Waals surface area (Å²) in [6, 6.07) is -0.344. The Morgan fingerprint density at radius 2 is 2.30 bits per heavy atom. The molecular formula is C10H13FIN5O3. The third-order valence-electron chi connectivity index (χ3n) is 3.45. The van der Waals surface area contributed by atoms with E-state index in [1.807, 2.05) is 22.6 Å². The van der Waals surface area contributed by atoms with Gasteiger partial charge in [-0.15, -0.1) is 0 Å². The number of aliphatic hydroxyl groups is 2. The van der Waals surface area contributed by atoms with Gasteiger partial charge in [0.1, 0.15) is 22.0 Å². The normalized spacial score (nSPS) is 43.5. The van der Waals surface area contributed by atoms with E-state index in [1.54, 1.807) is 0 Å². The molecular weight excluding hydrogens is 384 g/mol. The van der Waals surface area contributed by atoms with Crippen LogP contribution in [0.5, 0.6) is 0 Å². The number of nitrogens with two attached hydrogens (primary N) is 1. The number of ether oxygens (including phenoxy) is 1. The van der Waals surface area contributed by atoms with Crippen LogP contribution in [-0.4, -0.2) is 74.6 Å². The van der Waals surface area contributed by atoms with Gasteiger partial charge < -0.3 is 25.6 Å². The van der Waals surface area contributed by atoms with Crippen molar-refractivity contribution in [3.63, 3.8) is 0 Å². The molecule has 0 aliphatic carbocycles. The molecule has 2 unspecified atom stereocenters. The summed E-state index contributed by atoms with van der Waals surface area (Å²) in [6.07, 6.45) is -4.16. The molecule has 0 aromatic carbocycles. The molecule has 0 aromatic rings. The Morgan fingerprint density at radius 1 is 1.55 bits per heavy atom. The molecule has 3 aliphatic rings. The third kappa shape index (κ3) is 2.10. The first-order valence-corrected chi connectivity index (χ1v) is 7.07. The van der Waals surface area contributed by atoms with E-state index in [2.05, 4.69) is 15.0 Å². The van der Waals surface area contributed by atoms with Gasteiger partial charge in [-0.05, 0) is 22.6 Å². The number of nitrogens with zero attached hydrogens (tertiary/aromatic N) is 4. The van der Waals surface area contributed by atoms with Gasteiger partial charge in [0.25, 0.3) is 0 Å². The monoisotopic (exact) mass is 397 g/mol. The van der Waals surface area contributed by atoms with Gasteiger partial charge in [0, 0.05) is 0 Å². The highest BCUT2D eigenvalue weighted by Gasteiger charge is 2.50. The first kappa shape index (κ1) is 14.1. The Kier molecular flexibility index (Phi) is 3.64. The molecule has 1 fully saturated rings. The summed E-state index contributed by atoms with van der Waals surface area (Å²) < 4.78 is 20.1. The van der Waals surface area contributed by atoms with E-state index in [0.717, 1.165) is 0 Å². The van der Waals surface area contributed by atoms with Gasteiger partial charge >= 0.3 is 0 Å². The predicted molar refractivity (Wildman–Crippen MR) is 77.6 cm³/mol. The van der Waals surface area contributed by atoms with Crippen LogP contribution >= 0.6 is 22.6 Å². The highest BCUT2D eigenvalue weighted by atomic mass is 127. The van der Waals surface area contributed by atoms with Crippen LogP contribution in [0.15, 0.2) is 15.0 Å². The fourth-order valence-corrected chi connectivity index (χ4v) is 3.16. The number of fused-ring (bicyclic) bond motifs is 1. The summed E-state index contributed by atoms with van der Waals surface area (Å²) in [7, 11) is 0. The minimum atomic E-state index is -1.66. The smallest absolute Gasteiger partial charge is 0.218 e. The Labute approximate surface area is 127 Å². The van der Waals surface area contributed by atoms with Crippen molar-refractivity contribution >= 4 is 38.6 Å². The summed E-state index contributed by atoms with van der Waals surface area (Å²) in [5.74, 6) is 0.0961. The number of aliphatic imine (C=N–C) groups is 3. The number of guanidine groups is 1. The highest BCUT2D eigenvalue weighted by Crippen LogP contribution is 2.32. The Bertz CT molecular complexity index is 501. The van der Waals surface area contributed by atoms with Crippen molar-refractivity contribution in [2.45, 2.75) is 36.8 Å². The quantitative estimate of drug-likeness (QED) is 0.496. The Balaban J connectivity index is 1.83. The second kappa shape index (κ2) is 5.16. The summed E-state index contributed by atoms with van der Waals surface area (Å²) in [5, 5.41) is 18.7. The van der Waals surface area contributed by atoms with Crippen molar-refractivity contribution in [3.05, 3.63) is 0 Å². The second-order valence-corrected chi connectivity index (χ2v) is 5.78. The van der Waals surface area contributed by atoms with Crippen molar-refractivity contribution in [2.75, 3.05) is 6.61 Å². The van der Waals surface area contributed by atoms with Crippen molar-refractivity contribution in [1.29, 1.82) is 0 Å². The Hall–Kier alpha value is -0.850. The van der Waals surface area contributed by atoms with Crippen LogP contribution in [-0.2, 0) is 4.74 Å². The van der Waals surface area contributed by atoms with Crippen LogP contribution in [0.3, 0.4) is 0 Å². The molecule has 0 spiro atoms. The molecule has 6 atom stereocenters. The maximum absolute atomic E-state index is 14.1. The second-order valence-electron chi connectivity index (χ2n) is 4.67. The van der Waals surface area contributed by atoms with E-state index in [4.69, 9.17) is 15.6 Å². The van der Waals surface area contributed by atoms with Crippen molar-refractivity contribution < 1.29 is 19.3 Å². The van der Waals surface area contributed by atoms with E-state index in [-0.39, 0.29) is 12.0 Å². The summed E-state index contributed by atoms with van der Waals surface area (Å²) >= 11 is 2.01. The van der Waals surface area contributed by atoms with E-state index in [9.17, 15) is 9.50 Å². The SMILES string of the molecule is NC1=NC2C(N=CN2[C@@H]2O[C@H](CO)[C@@H](O)[C@H]2F)C(I)=N1. The number of aliphatic hydroxyl groups excluding tert-OH is 2. The summed E-state index contributed by atoms with van der Waals surface area (Å²) in [6.45, 7) is -0.457. The lowest BCUT2D eigenvalue weighted by Crippen LogP contribution is -2.49. The maximum Gasteiger partial charge on any atom is 0.218 e. The van der Waals surface area contributed by atoms with Gasteiger partial charge in [0.2, 0.25) is 5.96 Å². The van der Waals surface area contributed by atoms with Crippen molar-refractivity contribution in [3.8, 4) is 0 Å². The number of hydrogen-bond acceptors (Lipinski definition) is 8. The molecule has 0 amide bonds. The molecule has 3 heterocycles. The van der Waals surface area contributed by atoms with Gasteiger partial charge in [-0.1, -0.05) is 0 Å². The van der Waals surface area contributed by atoms with Crippen molar-refractivity contribution in [2.24, 2.45) is 20.7 Å². The van der Waals surface area contributed by atoms with Crippen LogP contribution in [0.2, 0.25) is 0 Å². The molecule has 4 N–H and O–H groups in total. The average Bonchev–Trinajstić information content (AvgIpc) is 2.93. The molecule has 10 heteroatoms. The number of rotatable bonds is 2. The zero-order valence-corrected chi connectivity index (χ0v) is 12.3. The van der Waals surface area contributed by atoms with Crippen LogP contribution in [0.4, 0.5) is 4.39 Å². The lowest BCUT2D eigenvalue weighted by molar-refractivity contribution is -0.0691. The maximum atomic E-state index is 14.1. The minimum absolute atomic E-state index is 0.0961. The fourth-order valence-electron chi connectivity index (χ4n) is 2.43. The first-order valence-electron chi connectivity index (χ1n) is 5.99. The van der Waals surface area contributed by atoms with E-state index in [1.165, 1.54) is 11.2 Å². The third-order valence-corrected chi connectivity index (χ3v) is 4.33. The summed E-state index contributed by atoms with van der Waals surface area (Å²) in [4.78, 5) is 13.8. The van der Waals surface area contributed by atoms with Gasteiger partial charge in [0.15, 0.2) is 18.6 Å². The van der Waals surface area contributed by atoms with Crippen LogP contribution in [0.1, 0.15) is 0 Å². The fraction of sp³-hybridized carbons (Fsp3) is 0.700. The van der Waals surface area contributed by atoms with Gasteiger partial charge in [-0.25, -0.2) is 14.4 Å². The van der Waals surface area contributed by atoms with Gasteiger partial charge in [-0.2, -0.15) is 0 Å². The van der Waals surface area contributed by atoms with Crippen LogP contribution in [0.25, 0.3) is 0 Å². The molecule has 20 heavy (non-hydrogen) atoms. The zero-order valence-electron chi connectivity index (χ0n) is 10.2. The molecule has 3 aliphatic heterocycles. The standard InChI is InChI=1S/C10H13FIN5O3/c11-4-6(19)3(1-18)20-9(4)17-2-14-5-7(12)15-10(13)16-8(5)17/h2-6,8-9,18-19H,1H2,(H2,13,16)/t3-,4-,5?,6-,8?,9-/m1/s1. The first-order chi connectivity index (χ1) is 9.52. The largest absolute Gasteiger partial charge is 0.394 e. The molecule has 0 aromatic heterocycles. The zero-order chi connectivity index (χ0) is 14.4. The van der Waals surface area contributed by atoms with E-state index in [0.29, 0.717) is 3.72 Å². The van der Waals surface area contributed by atoms with E-state index < -0.39 is 37.4 Å². The molecule has 0 radical (unpaired) electrons. The molecule has 0 bridgehead atoms. The number of hydrogen-bond donors (Lipinski definition) is 3. The number of halogens is 2. The topological polar surface area (TPSA) is 116 Å². The molecule has 110 valence electrons. The molecule has 1 saturated heterocycles. The minimum Gasteiger partial charge on any atom is -0.394 e. The lowest BCUT2D eigenvalue weighted by atomic mass is 10.1. The Morgan fingerprint density at radius 3 is 2.95 bits per heavy atom. The number of alkyl halides is 1. The van der Waals surface area contributed by atoms with Gasteiger partial charge in [-0.3, -0.25) is 4.99 Å². The molecule has 3 rings (SSSR count). The van der Waals surface area contributed by atoms with Crippen LogP contribution < -0.4 is 5.73 Å². The van der Waals surface area contributed by atoms with Crippen LogP contribution in [0, 0.1) is 0 Å². The van der Waals surface area contributed by atoms with Crippen molar-refractivity contribution in [1.82, 2.24) is 4.90 Å².